The monoisotopic (exact) mass is 366 g/mol. The Bertz CT molecular complexity index is 726. The van der Waals surface area contributed by atoms with Gasteiger partial charge in [0.1, 0.15) is 0 Å². The maximum atomic E-state index is 12.3. The molecule has 3 nitrogen and oxygen atoms in total. The predicted octanol–water partition coefficient (Wildman–Crippen LogP) is 5.14. The van der Waals surface area contributed by atoms with Gasteiger partial charge in [0.2, 0.25) is 0 Å². The van der Waals surface area contributed by atoms with Crippen LogP contribution in [0.25, 0.3) is 0 Å². The second-order valence-corrected chi connectivity index (χ2v) is 7.40. The molecule has 2 aromatic carbocycles. The number of rotatable bonds is 9. The number of amides is 1. The Morgan fingerprint density at radius 3 is 2.37 bits per heavy atom. The second kappa shape index (κ2) is 10.3. The first kappa shape index (κ1) is 21.2. The third kappa shape index (κ3) is 5.67. The largest absolute Gasteiger partial charge is 0.352 e. The standard InChI is InChI=1S/C24H34N2O/c1-6-21(16-25-24(27)22-13-9-8-10-14-22)17-26(7-2)20(5)23-15-11-12-18(3)19(23)4/h8-15,20-21H,6-7,16-17H2,1-5H3,(H,25,27). The Hall–Kier alpha value is -2.13. The summed E-state index contributed by atoms with van der Waals surface area (Å²) in [6.07, 6.45) is 1.05. The second-order valence-electron chi connectivity index (χ2n) is 7.40. The molecule has 0 heterocycles. The van der Waals surface area contributed by atoms with Crippen molar-refractivity contribution in [2.75, 3.05) is 19.6 Å². The predicted molar refractivity (Wildman–Crippen MR) is 114 cm³/mol. The highest BCUT2D eigenvalue weighted by molar-refractivity contribution is 5.94. The molecule has 0 aliphatic heterocycles. The molecule has 0 bridgehead atoms. The first-order valence-corrected chi connectivity index (χ1v) is 10.1. The van der Waals surface area contributed by atoms with Gasteiger partial charge in [-0.05, 0) is 62.1 Å². The Labute approximate surface area is 164 Å². The molecule has 27 heavy (non-hydrogen) atoms. The maximum absolute atomic E-state index is 12.3. The molecule has 0 aromatic heterocycles. The van der Waals surface area contributed by atoms with E-state index in [-0.39, 0.29) is 5.91 Å². The van der Waals surface area contributed by atoms with Crippen LogP contribution in [0, 0.1) is 19.8 Å². The van der Waals surface area contributed by atoms with Crippen molar-refractivity contribution in [3.8, 4) is 0 Å². The summed E-state index contributed by atoms with van der Waals surface area (Å²) in [6.45, 7) is 13.8. The minimum absolute atomic E-state index is 0.0136. The normalized spacial score (nSPS) is 13.4. The summed E-state index contributed by atoms with van der Waals surface area (Å²) in [4.78, 5) is 14.9. The van der Waals surface area contributed by atoms with Crippen LogP contribution in [0.15, 0.2) is 48.5 Å². The molecule has 2 rings (SSSR count). The van der Waals surface area contributed by atoms with Gasteiger partial charge < -0.3 is 5.32 Å². The van der Waals surface area contributed by atoms with Gasteiger partial charge in [-0.2, -0.15) is 0 Å². The van der Waals surface area contributed by atoms with E-state index in [2.05, 4.69) is 63.0 Å². The fraction of sp³-hybridized carbons (Fsp3) is 0.458. The Balaban J connectivity index is 2.00. The van der Waals surface area contributed by atoms with Gasteiger partial charge in [-0.1, -0.05) is 56.7 Å². The molecule has 2 unspecified atom stereocenters. The Morgan fingerprint density at radius 1 is 1.04 bits per heavy atom. The van der Waals surface area contributed by atoms with E-state index in [9.17, 15) is 4.79 Å². The molecule has 146 valence electrons. The van der Waals surface area contributed by atoms with Gasteiger partial charge in [-0.25, -0.2) is 0 Å². The summed E-state index contributed by atoms with van der Waals surface area (Å²) in [5.41, 5.74) is 4.86. The van der Waals surface area contributed by atoms with Crippen LogP contribution >= 0.6 is 0 Å². The topological polar surface area (TPSA) is 32.3 Å². The fourth-order valence-corrected chi connectivity index (χ4v) is 3.58. The van der Waals surface area contributed by atoms with Crippen LogP contribution in [-0.4, -0.2) is 30.4 Å². The third-order valence-electron chi connectivity index (χ3n) is 5.71. The average molecular weight is 367 g/mol. The highest BCUT2D eigenvalue weighted by Gasteiger charge is 2.20. The summed E-state index contributed by atoms with van der Waals surface area (Å²) >= 11 is 0. The average Bonchev–Trinajstić information content (AvgIpc) is 2.70. The number of benzene rings is 2. The number of aryl methyl sites for hydroxylation is 1. The molecule has 1 N–H and O–H groups in total. The molecule has 0 aliphatic rings. The minimum atomic E-state index is 0.0136. The minimum Gasteiger partial charge on any atom is -0.352 e. The maximum Gasteiger partial charge on any atom is 0.251 e. The van der Waals surface area contributed by atoms with E-state index in [4.69, 9.17) is 0 Å². The molecule has 3 heteroatoms. The van der Waals surface area contributed by atoms with Gasteiger partial charge in [-0.3, -0.25) is 9.69 Å². The highest BCUT2D eigenvalue weighted by atomic mass is 16.1. The molecule has 0 spiro atoms. The summed E-state index contributed by atoms with van der Waals surface area (Å²) in [6, 6.07) is 16.4. The first-order valence-electron chi connectivity index (χ1n) is 10.1. The number of nitrogens with one attached hydrogen (secondary N) is 1. The molecule has 0 saturated carbocycles. The number of hydrogen-bond acceptors (Lipinski definition) is 2. The molecule has 2 aromatic rings. The molecular formula is C24H34N2O. The van der Waals surface area contributed by atoms with Gasteiger partial charge in [0.05, 0.1) is 0 Å². The quantitative estimate of drug-likeness (QED) is 0.666. The molecule has 2 atom stereocenters. The van der Waals surface area contributed by atoms with E-state index in [0.29, 0.717) is 18.5 Å². The van der Waals surface area contributed by atoms with Crippen molar-refractivity contribution >= 4 is 5.91 Å². The zero-order chi connectivity index (χ0) is 19.8. The van der Waals surface area contributed by atoms with E-state index in [1.165, 1.54) is 16.7 Å². The van der Waals surface area contributed by atoms with Crippen LogP contribution < -0.4 is 5.32 Å². The molecule has 0 saturated heterocycles. The van der Waals surface area contributed by atoms with Crippen molar-refractivity contribution in [3.63, 3.8) is 0 Å². The zero-order valence-corrected chi connectivity index (χ0v) is 17.5. The number of carbonyl (C=O) groups excluding carboxylic acids is 1. The lowest BCUT2D eigenvalue weighted by molar-refractivity contribution is 0.0938. The van der Waals surface area contributed by atoms with Crippen molar-refractivity contribution < 1.29 is 4.79 Å². The fourth-order valence-electron chi connectivity index (χ4n) is 3.58. The first-order chi connectivity index (χ1) is 13.0. The van der Waals surface area contributed by atoms with Crippen LogP contribution in [0.1, 0.15) is 60.3 Å². The summed E-state index contributed by atoms with van der Waals surface area (Å²) in [5, 5.41) is 3.11. The Morgan fingerprint density at radius 2 is 1.74 bits per heavy atom. The van der Waals surface area contributed by atoms with E-state index >= 15 is 0 Å². The summed E-state index contributed by atoms with van der Waals surface area (Å²) < 4.78 is 0. The lowest BCUT2D eigenvalue weighted by Gasteiger charge is -2.32. The van der Waals surface area contributed by atoms with Crippen LogP contribution in [0.4, 0.5) is 0 Å². The summed E-state index contributed by atoms with van der Waals surface area (Å²) in [7, 11) is 0. The van der Waals surface area contributed by atoms with Crippen molar-refractivity contribution in [2.45, 2.75) is 47.1 Å². The highest BCUT2D eigenvalue weighted by Crippen LogP contribution is 2.26. The third-order valence-corrected chi connectivity index (χ3v) is 5.71. The van der Waals surface area contributed by atoms with Crippen LogP contribution in [0.5, 0.6) is 0 Å². The van der Waals surface area contributed by atoms with E-state index < -0.39 is 0 Å². The lowest BCUT2D eigenvalue weighted by atomic mass is 9.96. The number of carbonyl (C=O) groups is 1. The van der Waals surface area contributed by atoms with E-state index in [0.717, 1.165) is 25.1 Å². The van der Waals surface area contributed by atoms with Crippen molar-refractivity contribution in [1.29, 1.82) is 0 Å². The Kier molecular flexibility index (Phi) is 8.05. The van der Waals surface area contributed by atoms with Crippen molar-refractivity contribution in [1.82, 2.24) is 10.2 Å². The summed E-state index contributed by atoms with van der Waals surface area (Å²) in [5.74, 6) is 0.449. The van der Waals surface area contributed by atoms with Crippen LogP contribution in [0.3, 0.4) is 0 Å². The molecule has 0 fully saturated rings. The van der Waals surface area contributed by atoms with Gasteiger partial charge in [-0.15, -0.1) is 0 Å². The molecule has 0 aliphatic carbocycles. The van der Waals surface area contributed by atoms with Crippen molar-refractivity contribution in [2.24, 2.45) is 5.92 Å². The SMILES string of the molecule is CCC(CNC(=O)c1ccccc1)CN(CC)C(C)c1cccc(C)c1C. The van der Waals surface area contributed by atoms with Gasteiger partial charge in [0.15, 0.2) is 0 Å². The van der Waals surface area contributed by atoms with E-state index in [1.807, 2.05) is 30.3 Å². The molecular weight excluding hydrogens is 332 g/mol. The van der Waals surface area contributed by atoms with Gasteiger partial charge in [0.25, 0.3) is 5.91 Å². The van der Waals surface area contributed by atoms with Crippen LogP contribution in [-0.2, 0) is 0 Å². The van der Waals surface area contributed by atoms with Crippen molar-refractivity contribution in [3.05, 3.63) is 70.8 Å². The lowest BCUT2D eigenvalue weighted by Crippen LogP contribution is -2.38. The molecule has 1 amide bonds. The van der Waals surface area contributed by atoms with Gasteiger partial charge in [0, 0.05) is 24.7 Å². The van der Waals surface area contributed by atoms with Crippen LogP contribution in [0.2, 0.25) is 0 Å². The van der Waals surface area contributed by atoms with E-state index in [1.54, 1.807) is 0 Å². The smallest absolute Gasteiger partial charge is 0.251 e. The number of nitrogens with zero attached hydrogens (tertiary/aromatic N) is 1. The number of hydrogen-bond donors (Lipinski definition) is 1. The zero-order valence-electron chi connectivity index (χ0n) is 17.5. The van der Waals surface area contributed by atoms with Gasteiger partial charge >= 0.3 is 0 Å². The molecule has 0 radical (unpaired) electrons.